The van der Waals surface area contributed by atoms with Gasteiger partial charge < -0.3 is 24.8 Å². The van der Waals surface area contributed by atoms with Crippen molar-refractivity contribution in [3.63, 3.8) is 0 Å². The summed E-state index contributed by atoms with van der Waals surface area (Å²) in [6.45, 7) is 7.32. The van der Waals surface area contributed by atoms with E-state index in [2.05, 4.69) is 15.5 Å². The lowest BCUT2D eigenvalue weighted by molar-refractivity contribution is -0.143. The highest BCUT2D eigenvalue weighted by Crippen LogP contribution is 2.41. The molecule has 2 heterocycles. The van der Waals surface area contributed by atoms with Gasteiger partial charge in [-0.25, -0.2) is 9.59 Å². The maximum Gasteiger partial charge on any atom is 0.341 e. The van der Waals surface area contributed by atoms with Crippen LogP contribution in [0.15, 0.2) is 42.0 Å². The molecule has 1 fully saturated rings. The van der Waals surface area contributed by atoms with E-state index in [1.807, 2.05) is 38.1 Å². The molecule has 9 nitrogen and oxygen atoms in total. The largest absolute Gasteiger partial charge is 0.496 e. The maximum absolute atomic E-state index is 12.9. The maximum atomic E-state index is 12.9. The molecule has 0 spiro atoms. The molecule has 9 heteroatoms. The number of urea groups is 1. The van der Waals surface area contributed by atoms with Crippen LogP contribution in [-0.2, 0) is 27.3 Å². The number of rotatable bonds is 11. The summed E-state index contributed by atoms with van der Waals surface area (Å²) < 4.78 is 16.5. The molecule has 2 aromatic rings. The van der Waals surface area contributed by atoms with Crippen molar-refractivity contribution in [1.29, 1.82) is 0 Å². The summed E-state index contributed by atoms with van der Waals surface area (Å²) in [7, 11) is 1.57. The van der Waals surface area contributed by atoms with Crippen molar-refractivity contribution in [2.75, 3.05) is 44.0 Å². The van der Waals surface area contributed by atoms with Gasteiger partial charge in [0.15, 0.2) is 0 Å². The Hall–Kier alpha value is -3.85. The number of esters is 2. The van der Waals surface area contributed by atoms with Crippen LogP contribution in [0.1, 0.15) is 59.7 Å². The van der Waals surface area contributed by atoms with Gasteiger partial charge >= 0.3 is 18.0 Å². The van der Waals surface area contributed by atoms with Gasteiger partial charge in [0.1, 0.15) is 19.0 Å². The number of fused-ring (bicyclic) bond motifs is 1. The normalized spacial score (nSPS) is 15.1. The number of para-hydroxylation sites is 1. The molecule has 208 valence electrons. The van der Waals surface area contributed by atoms with Gasteiger partial charge in [-0.3, -0.25) is 9.69 Å². The van der Waals surface area contributed by atoms with E-state index in [9.17, 15) is 14.4 Å². The minimum atomic E-state index is -0.482. The quantitative estimate of drug-likeness (QED) is 0.300. The molecule has 2 aromatic carbocycles. The highest BCUT2D eigenvalue weighted by Gasteiger charge is 2.32. The number of ether oxygens (including phenoxy) is 3. The van der Waals surface area contributed by atoms with Crippen LogP contribution in [0.25, 0.3) is 0 Å². The van der Waals surface area contributed by atoms with Crippen LogP contribution in [0.4, 0.5) is 16.2 Å². The highest BCUT2D eigenvalue weighted by molar-refractivity contribution is 6.08. The van der Waals surface area contributed by atoms with E-state index >= 15 is 0 Å². The molecule has 2 aliphatic heterocycles. The standard InChI is InChI=1S/C30H37N3O6/c1-20(12-14-25(34)38-18-17-33-15-7-8-16-33)11-13-23-27(32-30(36)31-22-9-5-4-6-10-22)26-24(19-39-29(26)35)21(2)28(23)37-3/h4-6,9-11H,7-8,12-19H2,1-3H3,(H2,31,32,36). The zero-order valence-corrected chi connectivity index (χ0v) is 22.9. The average Bonchev–Trinajstić information content (AvgIpc) is 3.58. The Labute approximate surface area is 229 Å². The van der Waals surface area contributed by atoms with Crippen molar-refractivity contribution in [3.8, 4) is 5.75 Å². The van der Waals surface area contributed by atoms with Crippen LogP contribution in [0.5, 0.6) is 5.75 Å². The summed E-state index contributed by atoms with van der Waals surface area (Å²) in [5.41, 5.74) is 4.51. The molecule has 4 rings (SSSR count). The Morgan fingerprint density at radius 1 is 1.10 bits per heavy atom. The molecule has 0 aromatic heterocycles. The Kier molecular flexibility index (Phi) is 9.59. The van der Waals surface area contributed by atoms with Crippen LogP contribution >= 0.6 is 0 Å². The minimum absolute atomic E-state index is 0.125. The van der Waals surface area contributed by atoms with Crippen LogP contribution in [0, 0.1) is 6.92 Å². The molecule has 0 aliphatic carbocycles. The molecule has 2 amide bonds. The Morgan fingerprint density at radius 2 is 1.85 bits per heavy atom. The monoisotopic (exact) mass is 535 g/mol. The molecule has 2 aliphatic rings. The molecule has 1 saturated heterocycles. The summed E-state index contributed by atoms with van der Waals surface area (Å²) in [5.74, 6) is -0.104. The van der Waals surface area contributed by atoms with Gasteiger partial charge in [-0.2, -0.15) is 0 Å². The van der Waals surface area contributed by atoms with Gasteiger partial charge in [0.05, 0.1) is 18.4 Å². The lowest BCUT2D eigenvalue weighted by Crippen LogP contribution is -2.25. The average molecular weight is 536 g/mol. The summed E-state index contributed by atoms with van der Waals surface area (Å²) in [5, 5.41) is 5.67. The highest BCUT2D eigenvalue weighted by atomic mass is 16.5. The molecular formula is C30H37N3O6. The predicted molar refractivity (Wildman–Crippen MR) is 149 cm³/mol. The second kappa shape index (κ2) is 13.3. The Morgan fingerprint density at radius 3 is 2.56 bits per heavy atom. The van der Waals surface area contributed by atoms with E-state index in [1.165, 1.54) is 12.8 Å². The second-order valence-corrected chi connectivity index (χ2v) is 9.91. The number of nitrogens with one attached hydrogen (secondary N) is 2. The number of methoxy groups -OCH3 is 1. The number of benzene rings is 2. The van der Waals surface area contributed by atoms with Gasteiger partial charge in [0.2, 0.25) is 0 Å². The third-order valence-corrected chi connectivity index (χ3v) is 7.19. The first-order valence-electron chi connectivity index (χ1n) is 13.4. The van der Waals surface area contributed by atoms with Crippen LogP contribution in [-0.4, -0.2) is 56.2 Å². The zero-order valence-electron chi connectivity index (χ0n) is 22.9. The number of hydrogen-bond acceptors (Lipinski definition) is 7. The summed E-state index contributed by atoms with van der Waals surface area (Å²) in [4.78, 5) is 40.2. The molecule has 2 N–H and O–H groups in total. The first-order chi connectivity index (χ1) is 18.9. The van der Waals surface area contributed by atoms with E-state index in [4.69, 9.17) is 14.2 Å². The number of hydrogen-bond donors (Lipinski definition) is 2. The van der Waals surface area contributed by atoms with Crippen molar-refractivity contribution < 1.29 is 28.6 Å². The fourth-order valence-electron chi connectivity index (χ4n) is 5.03. The fraction of sp³-hybridized carbons (Fsp3) is 0.433. The lowest BCUT2D eigenvalue weighted by atomic mass is 9.93. The second-order valence-electron chi connectivity index (χ2n) is 9.91. The molecule has 0 saturated carbocycles. The van der Waals surface area contributed by atoms with Crippen LogP contribution in [0.3, 0.4) is 0 Å². The van der Waals surface area contributed by atoms with Crippen LogP contribution < -0.4 is 15.4 Å². The Bertz CT molecular complexity index is 1240. The van der Waals surface area contributed by atoms with Crippen molar-refractivity contribution >= 4 is 29.3 Å². The zero-order chi connectivity index (χ0) is 27.8. The van der Waals surface area contributed by atoms with Gasteiger partial charge in [-0.15, -0.1) is 0 Å². The first-order valence-corrected chi connectivity index (χ1v) is 13.4. The van der Waals surface area contributed by atoms with Gasteiger partial charge in [-0.05, 0) is 70.3 Å². The number of allylic oxidation sites excluding steroid dienone is 2. The molecular weight excluding hydrogens is 498 g/mol. The lowest BCUT2D eigenvalue weighted by Gasteiger charge is -2.20. The van der Waals surface area contributed by atoms with E-state index in [0.29, 0.717) is 59.7 Å². The summed E-state index contributed by atoms with van der Waals surface area (Å²) >= 11 is 0. The van der Waals surface area contributed by atoms with Gasteiger partial charge in [-0.1, -0.05) is 29.8 Å². The third-order valence-electron chi connectivity index (χ3n) is 7.19. The van der Waals surface area contributed by atoms with Crippen molar-refractivity contribution in [1.82, 2.24) is 4.90 Å². The predicted octanol–water partition coefficient (Wildman–Crippen LogP) is 5.23. The van der Waals surface area contributed by atoms with E-state index in [0.717, 1.165) is 30.8 Å². The fourth-order valence-corrected chi connectivity index (χ4v) is 5.03. The van der Waals surface area contributed by atoms with Crippen molar-refractivity contribution in [2.24, 2.45) is 0 Å². The number of anilines is 2. The molecule has 0 unspecified atom stereocenters. The molecule has 0 bridgehead atoms. The number of carbonyl (C=O) groups is 3. The Balaban J connectivity index is 1.47. The van der Waals surface area contributed by atoms with E-state index < -0.39 is 12.0 Å². The minimum Gasteiger partial charge on any atom is -0.496 e. The number of likely N-dealkylation sites (tertiary alicyclic amines) is 1. The number of carbonyl (C=O) groups excluding carboxylic acids is 3. The summed E-state index contributed by atoms with van der Waals surface area (Å²) in [6, 6.07) is 8.58. The molecule has 39 heavy (non-hydrogen) atoms. The summed E-state index contributed by atoms with van der Waals surface area (Å²) in [6.07, 6.45) is 5.64. The van der Waals surface area contributed by atoms with E-state index in [1.54, 1.807) is 19.2 Å². The first kappa shape index (κ1) is 28.2. The van der Waals surface area contributed by atoms with Gasteiger partial charge in [0, 0.05) is 29.8 Å². The van der Waals surface area contributed by atoms with E-state index in [-0.39, 0.29) is 12.6 Å². The topological polar surface area (TPSA) is 106 Å². The smallest absolute Gasteiger partial charge is 0.341 e. The van der Waals surface area contributed by atoms with Crippen molar-refractivity contribution in [3.05, 3.63) is 64.2 Å². The number of cyclic esters (lactones) is 1. The van der Waals surface area contributed by atoms with Crippen molar-refractivity contribution in [2.45, 2.75) is 52.6 Å². The van der Waals surface area contributed by atoms with Gasteiger partial charge in [0.25, 0.3) is 0 Å². The van der Waals surface area contributed by atoms with Crippen LogP contribution in [0.2, 0.25) is 0 Å². The third kappa shape index (κ3) is 7.17. The number of nitrogens with zero attached hydrogens (tertiary/aromatic N) is 1. The molecule has 0 atom stereocenters. The SMILES string of the molecule is COc1c(C)c2c(c(NC(=O)Nc3ccccc3)c1CC=C(C)CCC(=O)OCCN1CCCC1)C(=O)OC2. The number of amides is 2. The molecule has 0 radical (unpaired) electrons.